The highest BCUT2D eigenvalue weighted by molar-refractivity contribution is 5.92. The van der Waals surface area contributed by atoms with Crippen LogP contribution in [0, 0.1) is 5.92 Å². The zero-order valence-electron chi connectivity index (χ0n) is 13.8. The van der Waals surface area contributed by atoms with Crippen LogP contribution in [0.1, 0.15) is 20.3 Å². The van der Waals surface area contributed by atoms with Crippen LogP contribution < -0.4 is 10.6 Å². The van der Waals surface area contributed by atoms with Crippen molar-refractivity contribution in [3.63, 3.8) is 0 Å². The van der Waals surface area contributed by atoms with E-state index >= 15 is 0 Å². The number of nitrogens with zero attached hydrogens (tertiary/aromatic N) is 2. The third-order valence-electron chi connectivity index (χ3n) is 3.54. The fourth-order valence-electron chi connectivity index (χ4n) is 2.47. The fourth-order valence-corrected chi connectivity index (χ4v) is 2.47. The van der Waals surface area contributed by atoms with E-state index in [9.17, 15) is 4.79 Å². The van der Waals surface area contributed by atoms with Crippen LogP contribution in [0.3, 0.4) is 0 Å². The van der Waals surface area contributed by atoms with Crippen molar-refractivity contribution >= 4 is 34.0 Å². The van der Waals surface area contributed by atoms with Crippen molar-refractivity contribution in [2.24, 2.45) is 5.92 Å². The third-order valence-corrected chi connectivity index (χ3v) is 3.54. The highest BCUT2D eigenvalue weighted by Gasteiger charge is 2.06. The Morgan fingerprint density at radius 3 is 2.67 bits per heavy atom. The molecule has 0 fully saturated rings. The lowest BCUT2D eigenvalue weighted by Gasteiger charge is -2.10. The van der Waals surface area contributed by atoms with Crippen molar-refractivity contribution in [3.05, 3.63) is 54.9 Å². The summed E-state index contributed by atoms with van der Waals surface area (Å²) in [5, 5.41) is 7.20. The quantitative estimate of drug-likeness (QED) is 0.733. The van der Waals surface area contributed by atoms with E-state index in [-0.39, 0.29) is 5.91 Å². The van der Waals surface area contributed by atoms with Crippen LogP contribution in [0.4, 0.5) is 17.2 Å². The standard InChI is InChI=1S/C19H20N4O/c1-13(2)11-18(24)23-17-9-8-15(12-21-17)22-16-7-3-5-14-6-4-10-20-19(14)16/h3-10,12-13,22H,11H2,1-2H3,(H,21,23,24). The third kappa shape index (κ3) is 3.87. The molecule has 0 aliphatic rings. The molecule has 5 nitrogen and oxygen atoms in total. The Balaban J connectivity index is 1.73. The number of hydrogen-bond donors (Lipinski definition) is 2. The number of carbonyl (C=O) groups is 1. The van der Waals surface area contributed by atoms with Crippen molar-refractivity contribution in [1.82, 2.24) is 9.97 Å². The van der Waals surface area contributed by atoms with Crippen molar-refractivity contribution in [2.75, 3.05) is 10.6 Å². The van der Waals surface area contributed by atoms with Crippen molar-refractivity contribution in [1.29, 1.82) is 0 Å². The molecule has 0 atom stereocenters. The molecule has 0 radical (unpaired) electrons. The summed E-state index contributed by atoms with van der Waals surface area (Å²) in [7, 11) is 0. The van der Waals surface area contributed by atoms with Gasteiger partial charge in [-0.05, 0) is 30.2 Å². The van der Waals surface area contributed by atoms with Gasteiger partial charge in [-0.1, -0.05) is 32.0 Å². The molecule has 0 saturated carbocycles. The Labute approximate surface area is 141 Å². The second-order valence-corrected chi connectivity index (χ2v) is 6.08. The summed E-state index contributed by atoms with van der Waals surface area (Å²) in [5.74, 6) is 0.864. The Morgan fingerprint density at radius 1 is 1.08 bits per heavy atom. The van der Waals surface area contributed by atoms with Crippen LogP contribution in [-0.4, -0.2) is 15.9 Å². The maximum atomic E-state index is 11.8. The normalized spacial score (nSPS) is 10.8. The molecule has 122 valence electrons. The number of nitrogens with one attached hydrogen (secondary N) is 2. The lowest BCUT2D eigenvalue weighted by molar-refractivity contribution is -0.116. The first kappa shape index (κ1) is 15.9. The van der Waals surface area contributed by atoms with Crippen molar-refractivity contribution in [2.45, 2.75) is 20.3 Å². The number of pyridine rings is 2. The molecule has 3 aromatic rings. The minimum atomic E-state index is -0.0172. The molecule has 3 rings (SSSR count). The number of para-hydroxylation sites is 1. The lowest BCUT2D eigenvalue weighted by atomic mass is 10.1. The Bertz CT molecular complexity index is 838. The van der Waals surface area contributed by atoms with Gasteiger partial charge in [0.25, 0.3) is 0 Å². The topological polar surface area (TPSA) is 66.9 Å². The molecule has 0 bridgehead atoms. The summed E-state index contributed by atoms with van der Waals surface area (Å²) in [6.07, 6.45) is 3.97. The van der Waals surface area contributed by atoms with Gasteiger partial charge in [-0.25, -0.2) is 4.98 Å². The van der Waals surface area contributed by atoms with E-state index in [1.165, 1.54) is 0 Å². The molecule has 0 aliphatic heterocycles. The van der Waals surface area contributed by atoms with Gasteiger partial charge in [0.15, 0.2) is 0 Å². The first-order valence-electron chi connectivity index (χ1n) is 7.98. The number of rotatable bonds is 5. The van der Waals surface area contributed by atoms with Crippen LogP contribution in [-0.2, 0) is 4.79 Å². The molecular formula is C19H20N4O. The zero-order chi connectivity index (χ0) is 16.9. The molecule has 0 unspecified atom stereocenters. The van der Waals surface area contributed by atoms with Crippen LogP contribution in [0.25, 0.3) is 10.9 Å². The van der Waals surface area contributed by atoms with Crippen LogP contribution in [0.5, 0.6) is 0 Å². The van der Waals surface area contributed by atoms with Gasteiger partial charge in [0, 0.05) is 18.0 Å². The number of hydrogen-bond acceptors (Lipinski definition) is 4. The molecule has 0 aliphatic carbocycles. The molecule has 5 heteroatoms. The van der Waals surface area contributed by atoms with Gasteiger partial charge in [0.1, 0.15) is 5.82 Å². The zero-order valence-corrected chi connectivity index (χ0v) is 13.8. The predicted octanol–water partition coefficient (Wildman–Crippen LogP) is 4.36. The molecule has 0 saturated heterocycles. The molecule has 24 heavy (non-hydrogen) atoms. The Kier molecular flexibility index (Phi) is 4.70. The first-order chi connectivity index (χ1) is 11.6. The van der Waals surface area contributed by atoms with E-state index in [0.717, 1.165) is 22.3 Å². The number of amides is 1. The average Bonchev–Trinajstić information content (AvgIpc) is 2.56. The van der Waals surface area contributed by atoms with E-state index in [1.54, 1.807) is 18.5 Å². The summed E-state index contributed by atoms with van der Waals surface area (Å²) in [5.41, 5.74) is 2.68. The summed E-state index contributed by atoms with van der Waals surface area (Å²) in [6.45, 7) is 4.02. The van der Waals surface area contributed by atoms with E-state index < -0.39 is 0 Å². The van der Waals surface area contributed by atoms with Crippen LogP contribution in [0.15, 0.2) is 54.9 Å². The molecule has 2 N–H and O–H groups in total. The Morgan fingerprint density at radius 2 is 1.92 bits per heavy atom. The van der Waals surface area contributed by atoms with Gasteiger partial charge in [-0.2, -0.15) is 0 Å². The van der Waals surface area contributed by atoms with E-state index in [4.69, 9.17) is 0 Å². The first-order valence-corrected chi connectivity index (χ1v) is 7.98. The molecule has 1 aromatic carbocycles. The molecule has 0 spiro atoms. The fraction of sp³-hybridized carbons (Fsp3) is 0.211. The highest BCUT2D eigenvalue weighted by Crippen LogP contribution is 2.24. The summed E-state index contributed by atoms with van der Waals surface area (Å²) in [4.78, 5) is 20.5. The molecule has 2 aromatic heterocycles. The maximum Gasteiger partial charge on any atom is 0.225 e. The largest absolute Gasteiger partial charge is 0.352 e. The summed E-state index contributed by atoms with van der Waals surface area (Å²) < 4.78 is 0. The summed E-state index contributed by atoms with van der Waals surface area (Å²) >= 11 is 0. The number of anilines is 3. The lowest BCUT2D eigenvalue weighted by Crippen LogP contribution is -2.14. The van der Waals surface area contributed by atoms with E-state index in [2.05, 4.69) is 20.6 Å². The predicted molar refractivity (Wildman–Crippen MR) is 97.3 cm³/mol. The average molecular weight is 320 g/mol. The second kappa shape index (κ2) is 7.08. The van der Waals surface area contributed by atoms with E-state index in [0.29, 0.717) is 18.2 Å². The minimum Gasteiger partial charge on any atom is -0.352 e. The van der Waals surface area contributed by atoms with E-state index in [1.807, 2.05) is 50.2 Å². The van der Waals surface area contributed by atoms with Crippen molar-refractivity contribution < 1.29 is 4.79 Å². The second-order valence-electron chi connectivity index (χ2n) is 6.08. The number of carbonyl (C=O) groups excluding carboxylic acids is 1. The monoisotopic (exact) mass is 320 g/mol. The molecule has 2 heterocycles. The van der Waals surface area contributed by atoms with Gasteiger partial charge in [0.05, 0.1) is 23.1 Å². The van der Waals surface area contributed by atoms with Crippen LogP contribution >= 0.6 is 0 Å². The van der Waals surface area contributed by atoms with Gasteiger partial charge < -0.3 is 10.6 Å². The smallest absolute Gasteiger partial charge is 0.225 e. The SMILES string of the molecule is CC(C)CC(=O)Nc1ccc(Nc2cccc3cccnc23)cn1. The highest BCUT2D eigenvalue weighted by atomic mass is 16.1. The van der Waals surface area contributed by atoms with Crippen molar-refractivity contribution in [3.8, 4) is 0 Å². The minimum absolute atomic E-state index is 0.0172. The maximum absolute atomic E-state index is 11.8. The number of benzene rings is 1. The van der Waals surface area contributed by atoms with Crippen LogP contribution in [0.2, 0.25) is 0 Å². The van der Waals surface area contributed by atoms with Gasteiger partial charge in [-0.15, -0.1) is 0 Å². The number of fused-ring (bicyclic) bond motifs is 1. The molecule has 1 amide bonds. The number of aromatic nitrogens is 2. The van der Waals surface area contributed by atoms with Gasteiger partial charge in [-0.3, -0.25) is 9.78 Å². The van der Waals surface area contributed by atoms with Gasteiger partial charge >= 0.3 is 0 Å². The molecular weight excluding hydrogens is 300 g/mol. The Hall–Kier alpha value is -2.95. The van der Waals surface area contributed by atoms with Gasteiger partial charge in [0.2, 0.25) is 5.91 Å². The summed E-state index contributed by atoms with van der Waals surface area (Å²) in [6, 6.07) is 13.6.